The summed E-state index contributed by atoms with van der Waals surface area (Å²) in [5.74, 6) is 0.458. The zero-order valence-corrected chi connectivity index (χ0v) is 17.8. The van der Waals surface area contributed by atoms with Gasteiger partial charge < -0.3 is 20.5 Å². The fourth-order valence-electron chi connectivity index (χ4n) is 4.31. The topological polar surface area (TPSA) is 96.4 Å². The molecule has 0 unspecified atom stereocenters. The van der Waals surface area contributed by atoms with Gasteiger partial charge in [0.15, 0.2) is 0 Å². The molecule has 7 heteroatoms. The van der Waals surface area contributed by atoms with Gasteiger partial charge in [-0.05, 0) is 71.6 Å². The lowest BCUT2D eigenvalue weighted by molar-refractivity contribution is 0.0699. The van der Waals surface area contributed by atoms with Crippen molar-refractivity contribution < 1.29 is 14.6 Å². The Morgan fingerprint density at radius 2 is 1.94 bits per heavy atom. The van der Waals surface area contributed by atoms with Crippen LogP contribution >= 0.6 is 0 Å². The SMILES string of the molecule is COc1ccc2cc(-c3cc(C(=O)O)c4ncnc(N[C@H]5CCCNC5)c4c3)ccc2c1. The molecule has 3 N–H and O–H groups in total. The molecule has 1 atom stereocenters. The lowest BCUT2D eigenvalue weighted by Gasteiger charge is -2.25. The minimum atomic E-state index is -1.01. The van der Waals surface area contributed by atoms with Gasteiger partial charge in [0.1, 0.15) is 17.9 Å². The molecule has 3 aromatic carbocycles. The van der Waals surface area contributed by atoms with Gasteiger partial charge in [-0.15, -0.1) is 0 Å². The van der Waals surface area contributed by atoms with Gasteiger partial charge in [0.05, 0.1) is 18.2 Å². The minimum Gasteiger partial charge on any atom is -0.497 e. The van der Waals surface area contributed by atoms with Crippen LogP contribution in [0.5, 0.6) is 5.75 Å². The Kier molecular flexibility index (Phi) is 5.33. The molecule has 0 spiro atoms. The fourth-order valence-corrected chi connectivity index (χ4v) is 4.31. The number of methoxy groups -OCH3 is 1. The number of fused-ring (bicyclic) bond motifs is 2. The number of carboxylic acids is 1. The van der Waals surface area contributed by atoms with Gasteiger partial charge in [-0.3, -0.25) is 0 Å². The van der Waals surface area contributed by atoms with E-state index in [-0.39, 0.29) is 11.6 Å². The van der Waals surface area contributed by atoms with Crippen LogP contribution in [0.4, 0.5) is 5.82 Å². The van der Waals surface area contributed by atoms with Crippen molar-refractivity contribution in [2.45, 2.75) is 18.9 Å². The maximum atomic E-state index is 12.1. The summed E-state index contributed by atoms with van der Waals surface area (Å²) in [6.45, 7) is 1.87. The molecule has 1 saturated heterocycles. The van der Waals surface area contributed by atoms with E-state index in [1.165, 1.54) is 6.33 Å². The number of ether oxygens (including phenoxy) is 1. The molecule has 0 amide bonds. The Hall–Kier alpha value is -3.71. The zero-order chi connectivity index (χ0) is 22.1. The van der Waals surface area contributed by atoms with Gasteiger partial charge >= 0.3 is 5.97 Å². The summed E-state index contributed by atoms with van der Waals surface area (Å²) < 4.78 is 5.31. The number of carboxylic acid groups (broad SMARTS) is 1. The molecule has 5 rings (SSSR count). The van der Waals surface area contributed by atoms with Crippen LogP contribution < -0.4 is 15.4 Å². The number of benzene rings is 3. The molecule has 0 radical (unpaired) electrons. The molecule has 2 heterocycles. The maximum absolute atomic E-state index is 12.1. The number of carbonyl (C=O) groups is 1. The van der Waals surface area contributed by atoms with Crippen molar-refractivity contribution >= 4 is 33.5 Å². The normalized spacial score (nSPS) is 16.2. The second kappa shape index (κ2) is 8.43. The van der Waals surface area contributed by atoms with E-state index in [9.17, 15) is 9.90 Å². The zero-order valence-electron chi connectivity index (χ0n) is 17.8. The van der Waals surface area contributed by atoms with Crippen LogP contribution in [-0.4, -0.2) is 47.3 Å². The summed E-state index contributed by atoms with van der Waals surface area (Å²) in [4.78, 5) is 20.8. The second-order valence-corrected chi connectivity index (χ2v) is 8.06. The van der Waals surface area contributed by atoms with Crippen molar-refractivity contribution in [3.05, 3.63) is 60.4 Å². The number of anilines is 1. The van der Waals surface area contributed by atoms with Crippen LogP contribution in [0.1, 0.15) is 23.2 Å². The number of aromatic carboxylic acids is 1. The summed E-state index contributed by atoms with van der Waals surface area (Å²) in [5, 5.41) is 19.6. The van der Waals surface area contributed by atoms with Gasteiger partial charge in [0, 0.05) is 18.0 Å². The quantitative estimate of drug-likeness (QED) is 0.436. The second-order valence-electron chi connectivity index (χ2n) is 8.06. The molecular weight excluding hydrogens is 404 g/mol. The monoisotopic (exact) mass is 428 g/mol. The predicted octanol–water partition coefficient (Wildman–Crippen LogP) is 4.32. The van der Waals surface area contributed by atoms with Crippen LogP contribution in [0.2, 0.25) is 0 Å². The molecular formula is C25H24N4O3. The number of hydrogen-bond acceptors (Lipinski definition) is 6. The summed E-state index contributed by atoms with van der Waals surface area (Å²) in [6, 6.07) is 15.9. The van der Waals surface area contributed by atoms with Crippen molar-refractivity contribution in [2.75, 3.05) is 25.5 Å². The molecule has 4 aromatic rings. The van der Waals surface area contributed by atoms with Crippen LogP contribution in [0.25, 0.3) is 32.8 Å². The maximum Gasteiger partial charge on any atom is 0.337 e. The van der Waals surface area contributed by atoms with E-state index in [0.29, 0.717) is 16.7 Å². The first-order valence-corrected chi connectivity index (χ1v) is 10.7. The molecule has 0 bridgehead atoms. The highest BCUT2D eigenvalue weighted by molar-refractivity contribution is 6.07. The van der Waals surface area contributed by atoms with Crippen LogP contribution in [0.15, 0.2) is 54.9 Å². The van der Waals surface area contributed by atoms with E-state index in [1.807, 2.05) is 36.4 Å². The first-order chi connectivity index (χ1) is 15.6. The Morgan fingerprint density at radius 3 is 2.72 bits per heavy atom. The first-order valence-electron chi connectivity index (χ1n) is 10.7. The van der Waals surface area contributed by atoms with Crippen LogP contribution in [-0.2, 0) is 0 Å². The Bertz CT molecular complexity index is 1320. The predicted molar refractivity (Wildman–Crippen MR) is 126 cm³/mol. The average Bonchev–Trinajstić information content (AvgIpc) is 2.83. The summed E-state index contributed by atoms with van der Waals surface area (Å²) >= 11 is 0. The smallest absolute Gasteiger partial charge is 0.337 e. The number of rotatable bonds is 5. The Morgan fingerprint density at radius 1 is 1.09 bits per heavy atom. The van der Waals surface area contributed by atoms with Crippen molar-refractivity contribution in [2.24, 2.45) is 0 Å². The third-order valence-corrected chi connectivity index (χ3v) is 5.99. The highest BCUT2D eigenvalue weighted by Gasteiger charge is 2.19. The van der Waals surface area contributed by atoms with Crippen molar-refractivity contribution in [3.8, 4) is 16.9 Å². The lowest BCUT2D eigenvalue weighted by atomic mass is 9.97. The molecule has 1 aliphatic rings. The van der Waals surface area contributed by atoms with Gasteiger partial charge in [-0.25, -0.2) is 14.8 Å². The molecule has 1 aromatic heterocycles. The molecule has 0 aliphatic carbocycles. The highest BCUT2D eigenvalue weighted by atomic mass is 16.5. The molecule has 0 saturated carbocycles. The standard InChI is InChI=1S/C25H24N4O3/c1-32-20-7-6-15-9-16(4-5-17(15)10-20)18-11-21-23(22(12-18)25(30)31)27-14-28-24(21)29-19-3-2-8-26-13-19/h4-7,9-12,14,19,26H,2-3,8,13H2,1H3,(H,30,31)(H,27,28,29)/t19-/m0/s1. The number of nitrogens with zero attached hydrogens (tertiary/aromatic N) is 2. The van der Waals surface area contributed by atoms with Gasteiger partial charge in [0.2, 0.25) is 0 Å². The van der Waals surface area contributed by atoms with E-state index in [0.717, 1.165) is 53.6 Å². The minimum absolute atomic E-state index is 0.166. The van der Waals surface area contributed by atoms with Gasteiger partial charge in [0.25, 0.3) is 0 Å². The van der Waals surface area contributed by atoms with E-state index in [4.69, 9.17) is 4.74 Å². The molecule has 1 fully saturated rings. The first kappa shape index (κ1) is 20.2. The van der Waals surface area contributed by atoms with E-state index >= 15 is 0 Å². The Labute approximate surface area is 185 Å². The highest BCUT2D eigenvalue weighted by Crippen LogP contribution is 2.33. The molecule has 32 heavy (non-hydrogen) atoms. The summed E-state index contributed by atoms with van der Waals surface area (Å²) in [7, 11) is 1.65. The molecule has 1 aliphatic heterocycles. The largest absolute Gasteiger partial charge is 0.497 e. The third-order valence-electron chi connectivity index (χ3n) is 5.99. The van der Waals surface area contributed by atoms with Crippen LogP contribution in [0.3, 0.4) is 0 Å². The summed E-state index contributed by atoms with van der Waals surface area (Å²) in [6.07, 6.45) is 3.56. The van der Waals surface area contributed by atoms with Crippen molar-refractivity contribution in [1.29, 1.82) is 0 Å². The van der Waals surface area contributed by atoms with Gasteiger partial charge in [-0.2, -0.15) is 0 Å². The average molecular weight is 428 g/mol. The number of hydrogen-bond donors (Lipinski definition) is 3. The third kappa shape index (κ3) is 3.83. The number of aromatic nitrogens is 2. The van der Waals surface area contributed by atoms with Crippen molar-refractivity contribution in [3.63, 3.8) is 0 Å². The number of nitrogens with one attached hydrogen (secondary N) is 2. The van der Waals surface area contributed by atoms with Crippen LogP contribution in [0, 0.1) is 0 Å². The number of piperidine rings is 1. The van der Waals surface area contributed by atoms with E-state index in [2.05, 4.69) is 26.7 Å². The van der Waals surface area contributed by atoms with E-state index < -0.39 is 5.97 Å². The Balaban J connectivity index is 1.63. The lowest BCUT2D eigenvalue weighted by Crippen LogP contribution is -2.38. The molecule has 7 nitrogen and oxygen atoms in total. The van der Waals surface area contributed by atoms with E-state index in [1.54, 1.807) is 13.2 Å². The van der Waals surface area contributed by atoms with Gasteiger partial charge in [-0.1, -0.05) is 18.2 Å². The fraction of sp³-hybridized carbons (Fsp3) is 0.240. The summed E-state index contributed by atoms with van der Waals surface area (Å²) in [5.41, 5.74) is 2.35. The van der Waals surface area contributed by atoms with Crippen molar-refractivity contribution in [1.82, 2.24) is 15.3 Å². The molecule has 162 valence electrons.